The van der Waals surface area contributed by atoms with Gasteiger partial charge in [-0.1, -0.05) is 6.42 Å². The van der Waals surface area contributed by atoms with Crippen molar-refractivity contribution < 1.29 is 4.84 Å². The smallest absolute Gasteiger partial charge is 0.0572 e. The van der Waals surface area contributed by atoms with Crippen LogP contribution in [0.15, 0.2) is 0 Å². The zero-order chi connectivity index (χ0) is 7.68. The minimum atomic E-state index is 0.911. The molecule has 0 spiro atoms. The molecule has 11 heavy (non-hydrogen) atoms. The molecular formula is C9H17NO. The van der Waals surface area contributed by atoms with Crippen molar-refractivity contribution in [3.63, 3.8) is 0 Å². The van der Waals surface area contributed by atoms with Gasteiger partial charge in [-0.15, -0.1) is 0 Å². The van der Waals surface area contributed by atoms with Gasteiger partial charge >= 0.3 is 0 Å². The van der Waals surface area contributed by atoms with Gasteiger partial charge in [0.2, 0.25) is 0 Å². The quantitative estimate of drug-likeness (QED) is 0.625. The molecule has 2 bridgehead atoms. The number of rotatable bonds is 3. The minimum Gasteiger partial charge on any atom is -0.305 e. The fraction of sp³-hybridized carbons (Fsp3) is 1.00. The Balaban J connectivity index is 1.78. The minimum absolute atomic E-state index is 0.911. The van der Waals surface area contributed by atoms with E-state index in [0.29, 0.717) is 0 Å². The van der Waals surface area contributed by atoms with E-state index in [-0.39, 0.29) is 0 Å². The summed E-state index contributed by atoms with van der Waals surface area (Å²) >= 11 is 0. The van der Waals surface area contributed by atoms with Crippen molar-refractivity contribution >= 4 is 0 Å². The Bertz CT molecular complexity index is 138. The molecule has 2 saturated carbocycles. The van der Waals surface area contributed by atoms with Crippen LogP contribution in [-0.4, -0.2) is 13.7 Å². The second-order valence-corrected chi connectivity index (χ2v) is 3.99. The number of hydrogen-bond acceptors (Lipinski definition) is 2. The normalized spacial score (nSPS) is 41.7. The van der Waals surface area contributed by atoms with Gasteiger partial charge in [0, 0.05) is 6.54 Å². The molecule has 1 N–H and O–H groups in total. The van der Waals surface area contributed by atoms with Crippen LogP contribution in [0.4, 0.5) is 0 Å². The SMILES string of the molecule is CONCC1CC2CCC1C2. The molecule has 0 aliphatic heterocycles. The number of hydroxylamine groups is 1. The summed E-state index contributed by atoms with van der Waals surface area (Å²) in [5.41, 5.74) is 2.98. The van der Waals surface area contributed by atoms with Crippen LogP contribution in [0.5, 0.6) is 0 Å². The third kappa shape index (κ3) is 1.42. The second-order valence-electron chi connectivity index (χ2n) is 3.99. The molecule has 2 fully saturated rings. The Morgan fingerprint density at radius 2 is 2.27 bits per heavy atom. The molecule has 0 aromatic rings. The summed E-state index contributed by atoms with van der Waals surface area (Å²) in [7, 11) is 1.70. The summed E-state index contributed by atoms with van der Waals surface area (Å²) in [5, 5.41) is 0. The van der Waals surface area contributed by atoms with Gasteiger partial charge in [0.15, 0.2) is 0 Å². The average Bonchev–Trinajstić information content (AvgIpc) is 2.60. The maximum absolute atomic E-state index is 4.86. The van der Waals surface area contributed by atoms with E-state index >= 15 is 0 Å². The molecule has 2 nitrogen and oxygen atoms in total. The average molecular weight is 155 g/mol. The Morgan fingerprint density at radius 3 is 2.82 bits per heavy atom. The van der Waals surface area contributed by atoms with Crippen molar-refractivity contribution in [2.45, 2.75) is 25.7 Å². The number of fused-ring (bicyclic) bond motifs is 2. The van der Waals surface area contributed by atoms with Crippen molar-refractivity contribution in [3.05, 3.63) is 0 Å². The summed E-state index contributed by atoms with van der Waals surface area (Å²) in [5.74, 6) is 2.99. The van der Waals surface area contributed by atoms with E-state index in [1.54, 1.807) is 7.11 Å². The van der Waals surface area contributed by atoms with Gasteiger partial charge in [-0.25, -0.2) is 5.48 Å². The van der Waals surface area contributed by atoms with Crippen LogP contribution in [0.3, 0.4) is 0 Å². The predicted octanol–water partition coefficient (Wildman–Crippen LogP) is 1.57. The van der Waals surface area contributed by atoms with Crippen molar-refractivity contribution in [2.75, 3.05) is 13.7 Å². The van der Waals surface area contributed by atoms with Gasteiger partial charge in [0.05, 0.1) is 7.11 Å². The third-order valence-corrected chi connectivity index (χ3v) is 3.37. The molecule has 0 heterocycles. The standard InChI is InChI=1S/C9H17NO/c1-11-10-6-9-5-7-2-3-8(9)4-7/h7-10H,2-6H2,1H3. The van der Waals surface area contributed by atoms with E-state index in [1.807, 2.05) is 0 Å². The maximum Gasteiger partial charge on any atom is 0.0572 e. The molecule has 0 radical (unpaired) electrons. The lowest BCUT2D eigenvalue weighted by Crippen LogP contribution is -2.25. The molecule has 2 heteroatoms. The maximum atomic E-state index is 4.86. The molecule has 2 rings (SSSR count). The lowest BCUT2D eigenvalue weighted by Gasteiger charge is -2.20. The second kappa shape index (κ2) is 3.11. The largest absolute Gasteiger partial charge is 0.305 e. The Labute approximate surface area is 68.3 Å². The van der Waals surface area contributed by atoms with Gasteiger partial charge in [-0.3, -0.25) is 0 Å². The van der Waals surface area contributed by atoms with Crippen LogP contribution >= 0.6 is 0 Å². The van der Waals surface area contributed by atoms with Crippen molar-refractivity contribution in [2.24, 2.45) is 17.8 Å². The summed E-state index contributed by atoms with van der Waals surface area (Å²) < 4.78 is 0. The fourth-order valence-electron chi connectivity index (χ4n) is 2.82. The Morgan fingerprint density at radius 1 is 1.36 bits per heavy atom. The van der Waals surface area contributed by atoms with Crippen molar-refractivity contribution in [1.82, 2.24) is 5.48 Å². The molecule has 3 atom stereocenters. The van der Waals surface area contributed by atoms with E-state index < -0.39 is 0 Å². The Kier molecular flexibility index (Phi) is 2.14. The van der Waals surface area contributed by atoms with Gasteiger partial charge in [-0.05, 0) is 37.0 Å². The van der Waals surface area contributed by atoms with Crippen LogP contribution in [0.2, 0.25) is 0 Å². The van der Waals surface area contributed by atoms with Crippen LogP contribution in [-0.2, 0) is 4.84 Å². The van der Waals surface area contributed by atoms with E-state index in [1.165, 1.54) is 25.7 Å². The molecule has 0 aromatic carbocycles. The lowest BCUT2D eigenvalue weighted by atomic mass is 9.89. The van der Waals surface area contributed by atoms with Gasteiger partial charge in [-0.2, -0.15) is 0 Å². The molecule has 64 valence electrons. The topological polar surface area (TPSA) is 21.3 Å². The molecule has 0 amide bonds. The summed E-state index contributed by atoms with van der Waals surface area (Å²) in [4.78, 5) is 4.86. The summed E-state index contributed by atoms with van der Waals surface area (Å²) in [6.07, 6.45) is 5.91. The first-order chi connectivity index (χ1) is 5.40. The van der Waals surface area contributed by atoms with E-state index in [4.69, 9.17) is 4.84 Å². The van der Waals surface area contributed by atoms with Crippen molar-refractivity contribution in [3.8, 4) is 0 Å². The molecule has 2 aliphatic rings. The first kappa shape index (κ1) is 7.56. The predicted molar refractivity (Wildman–Crippen MR) is 43.9 cm³/mol. The molecular weight excluding hydrogens is 138 g/mol. The zero-order valence-corrected chi connectivity index (χ0v) is 7.18. The highest BCUT2D eigenvalue weighted by Crippen LogP contribution is 2.47. The lowest BCUT2D eigenvalue weighted by molar-refractivity contribution is 0.0716. The number of hydrogen-bond donors (Lipinski definition) is 1. The van der Waals surface area contributed by atoms with Gasteiger partial charge in [0.1, 0.15) is 0 Å². The van der Waals surface area contributed by atoms with Crippen molar-refractivity contribution in [1.29, 1.82) is 0 Å². The molecule has 0 saturated heterocycles. The molecule has 0 aromatic heterocycles. The summed E-state index contributed by atoms with van der Waals surface area (Å²) in [6, 6.07) is 0. The first-order valence-electron chi connectivity index (χ1n) is 4.66. The molecule has 2 aliphatic carbocycles. The van der Waals surface area contributed by atoms with Gasteiger partial charge in [0.25, 0.3) is 0 Å². The first-order valence-corrected chi connectivity index (χ1v) is 4.66. The highest BCUT2D eigenvalue weighted by atomic mass is 16.6. The Hall–Kier alpha value is -0.0800. The highest BCUT2D eigenvalue weighted by molar-refractivity contribution is 4.90. The zero-order valence-electron chi connectivity index (χ0n) is 7.18. The molecule has 3 unspecified atom stereocenters. The third-order valence-electron chi connectivity index (χ3n) is 3.37. The van der Waals surface area contributed by atoms with E-state index in [0.717, 1.165) is 24.3 Å². The fourth-order valence-corrected chi connectivity index (χ4v) is 2.82. The van der Waals surface area contributed by atoms with Crippen LogP contribution < -0.4 is 5.48 Å². The van der Waals surface area contributed by atoms with Crippen LogP contribution in [0, 0.1) is 17.8 Å². The highest BCUT2D eigenvalue weighted by Gasteiger charge is 2.38. The monoisotopic (exact) mass is 155 g/mol. The summed E-state index contributed by atoms with van der Waals surface area (Å²) in [6.45, 7) is 1.07. The van der Waals surface area contributed by atoms with E-state index in [9.17, 15) is 0 Å². The van der Waals surface area contributed by atoms with E-state index in [2.05, 4.69) is 5.48 Å². The number of nitrogens with one attached hydrogen (secondary N) is 1. The van der Waals surface area contributed by atoms with Gasteiger partial charge < -0.3 is 4.84 Å². The van der Waals surface area contributed by atoms with Crippen LogP contribution in [0.25, 0.3) is 0 Å². The van der Waals surface area contributed by atoms with Crippen LogP contribution in [0.1, 0.15) is 25.7 Å².